The second-order valence-corrected chi connectivity index (χ2v) is 8.92. The predicted molar refractivity (Wildman–Crippen MR) is 132 cm³/mol. The molecule has 0 aliphatic carbocycles. The van der Waals surface area contributed by atoms with Gasteiger partial charge < -0.3 is 20.7 Å². The number of pyridine rings is 1. The molecule has 2 atom stereocenters. The van der Waals surface area contributed by atoms with Crippen LogP contribution in [0.3, 0.4) is 0 Å². The Bertz CT molecular complexity index is 1110. The van der Waals surface area contributed by atoms with Crippen LogP contribution in [0.1, 0.15) is 31.4 Å². The summed E-state index contributed by atoms with van der Waals surface area (Å²) >= 11 is 5.87. The van der Waals surface area contributed by atoms with Gasteiger partial charge >= 0.3 is 12.0 Å². The smallest absolute Gasteiger partial charge is 0.338 e. The molecule has 3 heterocycles. The molecule has 2 aliphatic heterocycles. The van der Waals surface area contributed by atoms with Crippen LogP contribution in [0.2, 0.25) is 5.02 Å². The number of aromatic nitrogens is 1. The van der Waals surface area contributed by atoms with Crippen molar-refractivity contribution in [1.82, 2.24) is 20.5 Å². The van der Waals surface area contributed by atoms with Crippen LogP contribution >= 0.6 is 11.6 Å². The quantitative estimate of drug-likeness (QED) is 0.506. The van der Waals surface area contributed by atoms with Gasteiger partial charge in [-0.1, -0.05) is 41.9 Å². The highest BCUT2D eigenvalue weighted by Gasteiger charge is 2.35. The maximum absolute atomic E-state index is 13.0. The summed E-state index contributed by atoms with van der Waals surface area (Å²) in [6, 6.07) is 11.6. The largest absolute Gasteiger partial charge is 0.463 e. The third kappa shape index (κ3) is 6.17. The van der Waals surface area contributed by atoms with Crippen LogP contribution in [0.25, 0.3) is 0 Å². The minimum absolute atomic E-state index is 0.124. The molecule has 3 amide bonds. The molecule has 1 aromatic heterocycles. The van der Waals surface area contributed by atoms with E-state index in [2.05, 4.69) is 25.8 Å². The lowest BCUT2D eigenvalue weighted by Gasteiger charge is -2.35. The highest BCUT2D eigenvalue weighted by molar-refractivity contribution is 6.30. The van der Waals surface area contributed by atoms with Gasteiger partial charge in [-0.25, -0.2) is 14.6 Å². The Hall–Kier alpha value is -3.43. The normalized spacial score (nSPS) is 20.6. The fourth-order valence-electron chi connectivity index (χ4n) is 4.40. The molecule has 2 unspecified atom stereocenters. The number of carbonyl (C=O) groups is 3. The summed E-state index contributed by atoms with van der Waals surface area (Å²) in [7, 11) is 0. The van der Waals surface area contributed by atoms with Gasteiger partial charge in [-0.15, -0.1) is 0 Å². The second kappa shape index (κ2) is 11.3. The molecule has 1 aromatic carbocycles. The Balaban J connectivity index is 1.53. The van der Waals surface area contributed by atoms with Gasteiger partial charge in [0.05, 0.1) is 29.2 Å². The van der Waals surface area contributed by atoms with Crippen LogP contribution in [-0.2, 0) is 14.3 Å². The molecule has 2 aliphatic rings. The predicted octanol–water partition coefficient (Wildman–Crippen LogP) is 3.26. The van der Waals surface area contributed by atoms with E-state index in [4.69, 9.17) is 16.3 Å². The van der Waals surface area contributed by atoms with Crippen LogP contribution < -0.4 is 16.0 Å². The monoisotopic (exact) mass is 497 g/mol. The molecule has 3 N–H and O–H groups in total. The molecule has 9 nitrogen and oxygen atoms in total. The first-order valence-electron chi connectivity index (χ1n) is 11.6. The lowest BCUT2D eigenvalue weighted by molar-refractivity contribution is -0.139. The molecule has 1 fully saturated rings. The zero-order valence-corrected chi connectivity index (χ0v) is 20.2. The molecule has 4 rings (SSSR count). The zero-order chi connectivity index (χ0) is 24.8. The van der Waals surface area contributed by atoms with E-state index >= 15 is 0 Å². The topological polar surface area (TPSA) is 113 Å². The van der Waals surface area contributed by atoms with Crippen molar-refractivity contribution in [3.05, 3.63) is 70.5 Å². The van der Waals surface area contributed by atoms with Gasteiger partial charge in [-0.3, -0.25) is 9.69 Å². The number of nitrogens with zero attached hydrogens (tertiary/aromatic N) is 2. The van der Waals surface area contributed by atoms with Gasteiger partial charge in [0.2, 0.25) is 5.91 Å². The summed E-state index contributed by atoms with van der Waals surface area (Å²) in [4.78, 5) is 44.5. The molecule has 2 aromatic rings. The van der Waals surface area contributed by atoms with Crippen LogP contribution in [-0.4, -0.2) is 54.0 Å². The first-order valence-corrected chi connectivity index (χ1v) is 12.0. The van der Waals surface area contributed by atoms with Gasteiger partial charge in [0, 0.05) is 25.0 Å². The zero-order valence-electron chi connectivity index (χ0n) is 19.4. The van der Waals surface area contributed by atoms with E-state index in [0.29, 0.717) is 35.2 Å². The van der Waals surface area contributed by atoms with Crippen molar-refractivity contribution in [3.8, 4) is 0 Å². The summed E-state index contributed by atoms with van der Waals surface area (Å²) in [5.41, 5.74) is 1.64. The molecule has 35 heavy (non-hydrogen) atoms. The number of nitrogens with one attached hydrogen (secondary N) is 3. The average Bonchev–Trinajstić information content (AvgIpc) is 2.86. The first-order chi connectivity index (χ1) is 16.9. The summed E-state index contributed by atoms with van der Waals surface area (Å²) in [6.45, 7) is 3.50. The number of carbonyl (C=O) groups excluding carboxylic acids is 3. The van der Waals surface area contributed by atoms with Crippen molar-refractivity contribution in [3.63, 3.8) is 0 Å². The number of esters is 1. The number of amides is 3. The number of likely N-dealkylation sites (tertiary alicyclic amines) is 1. The van der Waals surface area contributed by atoms with Crippen LogP contribution in [0.5, 0.6) is 0 Å². The first kappa shape index (κ1) is 24.7. The molecule has 0 radical (unpaired) electrons. The number of hydrogen-bond donors (Lipinski definition) is 3. The van der Waals surface area contributed by atoms with Crippen LogP contribution in [0.4, 0.5) is 10.6 Å². The van der Waals surface area contributed by atoms with Crippen molar-refractivity contribution in [1.29, 1.82) is 0 Å². The number of anilines is 1. The van der Waals surface area contributed by atoms with E-state index in [9.17, 15) is 14.4 Å². The number of halogens is 1. The molecular formula is C25H28ClN5O4. The minimum Gasteiger partial charge on any atom is -0.463 e. The Morgan fingerprint density at radius 2 is 2.03 bits per heavy atom. The third-order valence-corrected chi connectivity index (χ3v) is 6.24. The number of hydrogen-bond acceptors (Lipinski definition) is 6. The Kier molecular flexibility index (Phi) is 7.99. The summed E-state index contributed by atoms with van der Waals surface area (Å²) in [6.07, 6.45) is 3.03. The highest BCUT2D eigenvalue weighted by Crippen LogP contribution is 2.29. The Morgan fingerprint density at radius 1 is 1.23 bits per heavy atom. The molecule has 1 saturated heterocycles. The number of benzene rings is 1. The van der Waals surface area contributed by atoms with Gasteiger partial charge in [0.25, 0.3) is 0 Å². The fourth-order valence-corrected chi connectivity index (χ4v) is 4.51. The summed E-state index contributed by atoms with van der Waals surface area (Å²) in [5.74, 6) is -0.417. The van der Waals surface area contributed by atoms with E-state index in [1.54, 1.807) is 19.1 Å². The number of piperidine rings is 1. The number of urea groups is 1. The molecule has 184 valence electrons. The maximum Gasteiger partial charge on any atom is 0.338 e. The van der Waals surface area contributed by atoms with E-state index in [-0.39, 0.29) is 24.5 Å². The van der Waals surface area contributed by atoms with E-state index in [0.717, 1.165) is 24.9 Å². The van der Waals surface area contributed by atoms with Crippen molar-refractivity contribution >= 4 is 35.3 Å². The van der Waals surface area contributed by atoms with Gasteiger partial charge in [0.1, 0.15) is 5.82 Å². The molecular weight excluding hydrogens is 470 g/mol. The van der Waals surface area contributed by atoms with Crippen LogP contribution in [0.15, 0.2) is 59.9 Å². The number of ether oxygens (including phenoxy) is 1. The molecule has 0 spiro atoms. The van der Waals surface area contributed by atoms with Gasteiger partial charge in [-0.2, -0.15) is 0 Å². The van der Waals surface area contributed by atoms with E-state index in [1.807, 2.05) is 30.3 Å². The van der Waals surface area contributed by atoms with Gasteiger partial charge in [0.15, 0.2) is 0 Å². The Morgan fingerprint density at radius 3 is 2.74 bits per heavy atom. The van der Waals surface area contributed by atoms with E-state index < -0.39 is 12.0 Å². The van der Waals surface area contributed by atoms with Crippen molar-refractivity contribution in [2.24, 2.45) is 5.92 Å². The van der Waals surface area contributed by atoms with Crippen molar-refractivity contribution in [2.75, 3.05) is 31.6 Å². The SMILES string of the molecule is CCOC(=O)C1=C(CN2CCCC(C(=O)Nc3ccc(Cl)cn3)C2)NC(=O)NC1c1ccccc1. The second-order valence-electron chi connectivity index (χ2n) is 8.48. The van der Waals surface area contributed by atoms with Crippen LogP contribution in [0, 0.1) is 5.92 Å². The minimum atomic E-state index is -0.626. The molecule has 0 saturated carbocycles. The summed E-state index contributed by atoms with van der Waals surface area (Å²) in [5, 5.41) is 8.98. The van der Waals surface area contributed by atoms with Gasteiger partial charge in [-0.05, 0) is 44.0 Å². The third-order valence-electron chi connectivity index (χ3n) is 6.02. The lowest BCUT2D eigenvalue weighted by atomic mass is 9.93. The van der Waals surface area contributed by atoms with E-state index in [1.165, 1.54) is 6.20 Å². The molecule has 10 heteroatoms. The lowest BCUT2D eigenvalue weighted by Crippen LogP contribution is -2.50. The highest BCUT2D eigenvalue weighted by atomic mass is 35.5. The van der Waals surface area contributed by atoms with Crippen molar-refractivity contribution < 1.29 is 19.1 Å². The standard InChI is InChI=1S/C25H28ClN5O4/c1-2-35-24(33)21-19(28-25(34)30-22(21)16-7-4-3-5-8-16)15-31-12-6-9-17(14-31)23(32)29-20-11-10-18(26)13-27-20/h3-5,7-8,10-11,13,17,22H,2,6,9,12,14-15H2,1H3,(H,27,29,32)(H2,28,30,34). The maximum atomic E-state index is 13.0. The molecule has 0 bridgehead atoms. The Labute approximate surface area is 208 Å². The fraction of sp³-hybridized carbons (Fsp3) is 0.360. The van der Waals surface area contributed by atoms with Crippen molar-refractivity contribution in [2.45, 2.75) is 25.8 Å². The number of rotatable bonds is 7. The summed E-state index contributed by atoms with van der Waals surface area (Å²) < 4.78 is 5.33. The average molecular weight is 498 g/mol.